The van der Waals surface area contributed by atoms with E-state index in [9.17, 15) is 9.59 Å². The fraction of sp³-hybridized carbons (Fsp3) is 0.200. The molecule has 0 heterocycles. The summed E-state index contributed by atoms with van der Waals surface area (Å²) in [6.07, 6.45) is 8.43. The van der Waals surface area contributed by atoms with Crippen molar-refractivity contribution in [2.24, 2.45) is 0 Å². The Kier molecular flexibility index (Phi) is 7.17. The highest BCUT2D eigenvalue weighted by atomic mass is 16.4. The van der Waals surface area contributed by atoms with Crippen LogP contribution in [0.3, 0.4) is 0 Å². The third-order valence-electron chi connectivity index (χ3n) is 4.79. The molecule has 0 unspecified atom stereocenters. The van der Waals surface area contributed by atoms with E-state index in [4.69, 9.17) is 5.11 Å². The molecule has 3 aromatic carbocycles. The maximum atomic E-state index is 12.1. The van der Waals surface area contributed by atoms with Gasteiger partial charge in [-0.2, -0.15) is 0 Å². The van der Waals surface area contributed by atoms with Crippen LogP contribution in [-0.4, -0.2) is 17.0 Å². The molecule has 0 fully saturated rings. The topological polar surface area (TPSA) is 66.4 Å². The summed E-state index contributed by atoms with van der Waals surface area (Å²) in [5.41, 5.74) is 1.66. The van der Waals surface area contributed by atoms with Crippen molar-refractivity contribution in [1.82, 2.24) is 0 Å². The lowest BCUT2D eigenvalue weighted by Gasteiger charge is -2.08. The number of amides is 1. The van der Waals surface area contributed by atoms with E-state index in [1.807, 2.05) is 12.1 Å². The smallest absolute Gasteiger partial charge is 0.337 e. The van der Waals surface area contributed by atoms with Crippen LogP contribution >= 0.6 is 0 Å². The molecule has 1 amide bonds. The van der Waals surface area contributed by atoms with Gasteiger partial charge in [-0.15, -0.1) is 0 Å². The molecule has 2 N–H and O–H groups in total. The van der Waals surface area contributed by atoms with E-state index in [1.54, 1.807) is 18.2 Å². The van der Waals surface area contributed by atoms with Crippen molar-refractivity contribution in [3.8, 4) is 0 Å². The number of hydrogen-bond donors (Lipinski definition) is 2. The van der Waals surface area contributed by atoms with Crippen molar-refractivity contribution < 1.29 is 14.7 Å². The number of anilines is 1. The lowest BCUT2D eigenvalue weighted by molar-refractivity contribution is -0.116. The minimum atomic E-state index is -1.04. The minimum Gasteiger partial charge on any atom is -0.478 e. The molecule has 4 nitrogen and oxygen atoms in total. The van der Waals surface area contributed by atoms with Crippen LogP contribution in [0.5, 0.6) is 0 Å². The van der Waals surface area contributed by atoms with Crippen molar-refractivity contribution in [3.63, 3.8) is 0 Å². The summed E-state index contributed by atoms with van der Waals surface area (Å²) >= 11 is 0. The Morgan fingerprint density at radius 3 is 2.45 bits per heavy atom. The first-order valence-corrected chi connectivity index (χ1v) is 9.91. The predicted molar refractivity (Wildman–Crippen MR) is 118 cm³/mol. The van der Waals surface area contributed by atoms with E-state index >= 15 is 0 Å². The van der Waals surface area contributed by atoms with Crippen molar-refractivity contribution in [1.29, 1.82) is 0 Å². The van der Waals surface area contributed by atoms with Crippen molar-refractivity contribution in [2.45, 2.75) is 32.1 Å². The molecule has 0 spiro atoms. The number of carboxylic acids is 1. The van der Waals surface area contributed by atoms with Crippen LogP contribution in [0.1, 0.15) is 48.0 Å². The summed E-state index contributed by atoms with van der Waals surface area (Å²) in [5.74, 6) is -1.19. The zero-order valence-corrected chi connectivity index (χ0v) is 16.3. The Labute approximate surface area is 170 Å². The van der Waals surface area contributed by atoms with E-state index < -0.39 is 5.97 Å². The number of rotatable bonds is 9. The van der Waals surface area contributed by atoms with Gasteiger partial charge in [-0.1, -0.05) is 67.1 Å². The number of carboxylic acid groups (broad SMARTS) is 1. The highest BCUT2D eigenvalue weighted by Gasteiger charge is 2.11. The van der Waals surface area contributed by atoms with Gasteiger partial charge in [0.15, 0.2) is 0 Å². The van der Waals surface area contributed by atoms with Gasteiger partial charge in [0, 0.05) is 6.42 Å². The number of nitrogens with one attached hydrogen (secondary N) is 1. The molecule has 3 aromatic rings. The van der Waals surface area contributed by atoms with Gasteiger partial charge >= 0.3 is 5.97 Å². The Morgan fingerprint density at radius 2 is 1.62 bits per heavy atom. The molecule has 29 heavy (non-hydrogen) atoms. The monoisotopic (exact) mass is 387 g/mol. The molecule has 0 radical (unpaired) electrons. The van der Waals surface area contributed by atoms with Crippen molar-refractivity contribution >= 4 is 34.4 Å². The molecular formula is C25H25NO3. The summed E-state index contributed by atoms with van der Waals surface area (Å²) in [7, 11) is 0. The molecule has 0 aliphatic rings. The molecule has 4 heteroatoms. The number of unbranched alkanes of at least 4 members (excludes halogenated alkanes) is 3. The van der Waals surface area contributed by atoms with Crippen LogP contribution < -0.4 is 5.32 Å². The highest BCUT2D eigenvalue weighted by Crippen LogP contribution is 2.18. The fourth-order valence-electron chi connectivity index (χ4n) is 3.25. The van der Waals surface area contributed by atoms with E-state index in [0.29, 0.717) is 12.1 Å². The maximum Gasteiger partial charge on any atom is 0.337 e. The minimum absolute atomic E-state index is 0.111. The Morgan fingerprint density at radius 1 is 0.862 bits per heavy atom. The van der Waals surface area contributed by atoms with Gasteiger partial charge in [0.05, 0.1) is 11.3 Å². The average Bonchev–Trinajstić information content (AvgIpc) is 2.73. The van der Waals surface area contributed by atoms with E-state index in [2.05, 4.69) is 47.8 Å². The van der Waals surface area contributed by atoms with Crippen LogP contribution in [0.25, 0.3) is 16.8 Å². The van der Waals surface area contributed by atoms with Gasteiger partial charge in [0.1, 0.15) is 0 Å². The Balaban J connectivity index is 1.37. The normalized spacial score (nSPS) is 11.0. The first-order valence-electron chi connectivity index (χ1n) is 9.91. The number of benzene rings is 3. The van der Waals surface area contributed by atoms with Crippen molar-refractivity contribution in [3.05, 3.63) is 83.9 Å². The number of carbonyl (C=O) groups excluding carboxylic acids is 1. The molecular weight excluding hydrogens is 362 g/mol. The molecule has 0 saturated heterocycles. The summed E-state index contributed by atoms with van der Waals surface area (Å²) in [4.78, 5) is 23.2. The predicted octanol–water partition coefficient (Wildman–Crippen LogP) is 6.14. The number of aromatic carboxylic acids is 1. The van der Waals surface area contributed by atoms with Crippen molar-refractivity contribution in [2.75, 3.05) is 5.32 Å². The van der Waals surface area contributed by atoms with Crippen LogP contribution in [0, 0.1) is 0 Å². The first kappa shape index (κ1) is 20.3. The zero-order valence-electron chi connectivity index (χ0n) is 16.3. The number of allylic oxidation sites excluding steroid dienone is 1. The largest absolute Gasteiger partial charge is 0.478 e. The number of fused-ring (bicyclic) bond motifs is 1. The molecule has 0 aliphatic carbocycles. The van der Waals surface area contributed by atoms with Gasteiger partial charge in [-0.3, -0.25) is 4.79 Å². The Bertz CT molecular complexity index is 1020. The first-order chi connectivity index (χ1) is 14.1. The molecule has 0 saturated carbocycles. The third-order valence-corrected chi connectivity index (χ3v) is 4.79. The van der Waals surface area contributed by atoms with Gasteiger partial charge in [0.2, 0.25) is 5.91 Å². The van der Waals surface area contributed by atoms with Crippen LogP contribution in [0.15, 0.2) is 72.8 Å². The standard InChI is InChI=1S/C25H25NO3/c27-24(26-23-14-9-8-13-22(23)25(28)29)15-5-3-1-2-4-10-19-16-17-20-11-6-7-12-21(20)18-19/h4,6-14,16-18H,1-3,5,15H2,(H,26,27)(H,28,29)/b10-4+. The zero-order chi connectivity index (χ0) is 20.5. The summed E-state index contributed by atoms with van der Waals surface area (Å²) < 4.78 is 0. The lowest BCUT2D eigenvalue weighted by atomic mass is 10.1. The number of para-hydroxylation sites is 1. The Hall–Kier alpha value is -3.40. The SMILES string of the molecule is O=C(CCCCC/C=C/c1ccc2ccccc2c1)Nc1ccccc1C(=O)O. The molecule has 148 valence electrons. The summed E-state index contributed by atoms with van der Waals surface area (Å²) in [5, 5.41) is 14.3. The average molecular weight is 387 g/mol. The molecule has 3 rings (SSSR count). The summed E-state index contributed by atoms with van der Waals surface area (Å²) in [6, 6.07) is 21.2. The van der Waals surface area contributed by atoms with E-state index in [-0.39, 0.29) is 11.5 Å². The van der Waals surface area contributed by atoms with Crippen LogP contribution in [0.4, 0.5) is 5.69 Å². The van der Waals surface area contributed by atoms with Crippen LogP contribution in [-0.2, 0) is 4.79 Å². The van der Waals surface area contributed by atoms with Gasteiger partial charge in [-0.25, -0.2) is 4.79 Å². The number of hydrogen-bond acceptors (Lipinski definition) is 2. The van der Waals surface area contributed by atoms with Crippen LogP contribution in [0.2, 0.25) is 0 Å². The second-order valence-corrected chi connectivity index (χ2v) is 7.01. The summed E-state index contributed by atoms with van der Waals surface area (Å²) in [6.45, 7) is 0. The van der Waals surface area contributed by atoms with E-state index in [0.717, 1.165) is 25.7 Å². The van der Waals surface area contributed by atoms with E-state index in [1.165, 1.54) is 22.4 Å². The molecule has 0 aromatic heterocycles. The maximum absolute atomic E-state index is 12.1. The fourth-order valence-corrected chi connectivity index (χ4v) is 3.25. The molecule has 0 atom stereocenters. The molecule has 0 bridgehead atoms. The molecule has 0 aliphatic heterocycles. The third kappa shape index (κ3) is 6.04. The number of carbonyl (C=O) groups is 2. The van der Waals surface area contributed by atoms with Gasteiger partial charge in [0.25, 0.3) is 0 Å². The quantitative estimate of drug-likeness (QED) is 0.433. The highest BCUT2D eigenvalue weighted by molar-refractivity contribution is 6.00. The second kappa shape index (κ2) is 10.2. The second-order valence-electron chi connectivity index (χ2n) is 7.01. The lowest BCUT2D eigenvalue weighted by Crippen LogP contribution is -2.14. The van der Waals surface area contributed by atoms with Gasteiger partial charge < -0.3 is 10.4 Å². The van der Waals surface area contributed by atoms with Gasteiger partial charge in [-0.05, 0) is 53.8 Å².